The van der Waals surface area contributed by atoms with E-state index in [-0.39, 0.29) is 11.3 Å². The minimum atomic E-state index is -4.04. The molecule has 0 aliphatic rings. The number of nitrogens with one attached hydrogen (secondary N) is 4. The lowest BCUT2D eigenvalue weighted by Crippen LogP contribution is -2.45. The molecule has 2 rings (SSSR count). The van der Waals surface area contributed by atoms with Gasteiger partial charge in [-0.2, -0.15) is 9.98 Å². The average Bonchev–Trinajstić information content (AvgIpc) is 2.86. The van der Waals surface area contributed by atoms with Crippen LogP contribution in [0.15, 0.2) is 64.5 Å². The molecule has 0 aromatic heterocycles. The number of rotatable bonds is 13. The predicted octanol–water partition coefficient (Wildman–Crippen LogP) is 2.23. The van der Waals surface area contributed by atoms with Crippen molar-refractivity contribution in [2.45, 2.75) is 43.5 Å². The van der Waals surface area contributed by atoms with Crippen LogP contribution in [0.2, 0.25) is 0 Å². The monoisotopic (exact) mass is 502 g/mol. The predicted molar refractivity (Wildman–Crippen MR) is 130 cm³/mol. The number of amides is 1. The van der Waals surface area contributed by atoms with Crippen molar-refractivity contribution in [1.82, 2.24) is 20.8 Å². The van der Waals surface area contributed by atoms with Crippen molar-refractivity contribution in [2.24, 2.45) is 4.99 Å². The fourth-order valence-corrected chi connectivity index (χ4v) is 4.23. The fourth-order valence-electron chi connectivity index (χ4n) is 3.00. The molecule has 1 amide bonds. The Balaban J connectivity index is 1.92. The zero-order chi connectivity index (χ0) is 25.5. The van der Waals surface area contributed by atoms with Crippen LogP contribution in [0.5, 0.6) is 11.5 Å². The summed E-state index contributed by atoms with van der Waals surface area (Å²) in [7, 11) is -4.04. The number of guanidine groups is 1. The smallest absolute Gasteiger partial charge is 0.261 e. The van der Waals surface area contributed by atoms with Crippen LogP contribution in [-0.2, 0) is 14.8 Å². The maximum Gasteiger partial charge on any atom is 0.261 e. The molecule has 188 valence electrons. The highest BCUT2D eigenvalue weighted by molar-refractivity contribution is 7.89. The Bertz CT molecular complexity index is 1100. The number of sulfonamides is 1. The van der Waals surface area contributed by atoms with Crippen molar-refractivity contribution in [3.63, 3.8) is 0 Å². The number of nitriles is 1. The summed E-state index contributed by atoms with van der Waals surface area (Å²) in [5, 5.41) is 23.7. The highest BCUT2D eigenvalue weighted by Crippen LogP contribution is 2.22. The molecular weight excluding hydrogens is 472 g/mol. The van der Waals surface area contributed by atoms with Crippen LogP contribution in [0.25, 0.3) is 0 Å². The lowest BCUT2D eigenvalue weighted by molar-refractivity contribution is -0.131. The van der Waals surface area contributed by atoms with E-state index in [1.54, 1.807) is 18.3 Å². The van der Waals surface area contributed by atoms with Gasteiger partial charge in [0.2, 0.25) is 22.2 Å². The average molecular weight is 503 g/mol. The third-order valence-electron chi connectivity index (χ3n) is 4.75. The first kappa shape index (κ1) is 27.6. The van der Waals surface area contributed by atoms with Crippen molar-refractivity contribution in [1.29, 1.82) is 5.26 Å². The third kappa shape index (κ3) is 9.62. The number of nitrogens with zero attached hydrogens (tertiary/aromatic N) is 2. The first-order chi connectivity index (χ1) is 16.9. The molecule has 0 bridgehead atoms. The molecule has 2 aromatic carbocycles. The summed E-state index contributed by atoms with van der Waals surface area (Å²) in [4.78, 5) is 15.7. The summed E-state index contributed by atoms with van der Waals surface area (Å²) in [6.45, 7) is 3.10. The molecule has 1 atom stereocenters. The standard InChI is InChI=1S/C23H30N6O5S/c1-2-15-25-23(27-17-24)26-16-7-6-10-21(22(30)28-31)29-35(32,33)20-13-11-19(12-14-20)34-18-8-4-3-5-9-18/h3-5,8-9,11-14,21,29,31H,2,6-7,10,15-16H2,1H3,(H,28,30)(H2,25,26,27)/t21-/m1/s1. The van der Waals surface area contributed by atoms with E-state index in [2.05, 4.69) is 20.3 Å². The second-order valence-electron chi connectivity index (χ2n) is 7.45. The minimum Gasteiger partial charge on any atom is -0.457 e. The molecule has 0 aliphatic carbocycles. The Morgan fingerprint density at radius 2 is 1.71 bits per heavy atom. The van der Waals surface area contributed by atoms with Crippen molar-refractivity contribution in [2.75, 3.05) is 13.1 Å². The van der Waals surface area contributed by atoms with E-state index in [0.29, 0.717) is 43.4 Å². The van der Waals surface area contributed by atoms with Crippen molar-refractivity contribution in [3.8, 4) is 17.7 Å². The SMILES string of the molecule is CCCN/C(=N\C#N)NCCCC[C@@H](NS(=O)(=O)c1ccc(Oc2ccccc2)cc1)C(=O)NO. The zero-order valence-electron chi connectivity index (χ0n) is 19.4. The fraction of sp³-hybridized carbons (Fsp3) is 0.348. The van der Waals surface area contributed by atoms with Gasteiger partial charge in [-0.15, -0.1) is 4.99 Å². The first-order valence-corrected chi connectivity index (χ1v) is 12.6. The van der Waals surface area contributed by atoms with Crippen LogP contribution < -0.4 is 25.6 Å². The van der Waals surface area contributed by atoms with Crippen LogP contribution in [0.4, 0.5) is 0 Å². The second-order valence-corrected chi connectivity index (χ2v) is 9.16. The van der Waals surface area contributed by atoms with Gasteiger partial charge in [0.15, 0.2) is 0 Å². The van der Waals surface area contributed by atoms with E-state index in [4.69, 9.17) is 15.2 Å². The Hall–Kier alpha value is -3.66. The Morgan fingerprint density at radius 1 is 1.06 bits per heavy atom. The third-order valence-corrected chi connectivity index (χ3v) is 6.24. The molecular formula is C23H30N6O5S. The molecule has 12 heteroatoms. The molecule has 0 saturated carbocycles. The van der Waals surface area contributed by atoms with E-state index in [1.807, 2.05) is 25.1 Å². The number of carbonyl (C=O) groups is 1. The van der Waals surface area contributed by atoms with Crippen LogP contribution in [0, 0.1) is 11.5 Å². The van der Waals surface area contributed by atoms with E-state index in [0.717, 1.165) is 6.42 Å². The Labute approximate surface area is 205 Å². The van der Waals surface area contributed by atoms with Crippen molar-refractivity contribution < 1.29 is 23.2 Å². The van der Waals surface area contributed by atoms with Gasteiger partial charge in [0, 0.05) is 13.1 Å². The summed E-state index contributed by atoms with van der Waals surface area (Å²) in [5.41, 5.74) is 1.51. The lowest BCUT2D eigenvalue weighted by Gasteiger charge is -2.17. The van der Waals surface area contributed by atoms with E-state index >= 15 is 0 Å². The van der Waals surface area contributed by atoms with Gasteiger partial charge in [-0.3, -0.25) is 10.0 Å². The maximum absolute atomic E-state index is 12.8. The molecule has 0 radical (unpaired) electrons. The van der Waals surface area contributed by atoms with Gasteiger partial charge in [0.1, 0.15) is 17.5 Å². The molecule has 35 heavy (non-hydrogen) atoms. The number of para-hydroxylation sites is 1. The normalized spacial score (nSPS) is 12.3. The Morgan fingerprint density at radius 3 is 2.34 bits per heavy atom. The molecule has 5 N–H and O–H groups in total. The van der Waals surface area contributed by atoms with E-state index < -0.39 is 22.0 Å². The summed E-state index contributed by atoms with van der Waals surface area (Å²) in [6, 6.07) is 13.7. The maximum atomic E-state index is 12.8. The lowest BCUT2D eigenvalue weighted by atomic mass is 10.1. The van der Waals surface area contributed by atoms with E-state index in [9.17, 15) is 13.2 Å². The van der Waals surface area contributed by atoms with Gasteiger partial charge in [-0.1, -0.05) is 25.1 Å². The molecule has 0 saturated heterocycles. The second kappa shape index (κ2) is 14.6. The van der Waals surface area contributed by atoms with Crippen molar-refractivity contribution in [3.05, 3.63) is 54.6 Å². The van der Waals surface area contributed by atoms with Gasteiger partial charge in [-0.05, 0) is 62.1 Å². The number of carbonyl (C=O) groups excluding carboxylic acids is 1. The number of hydroxylamine groups is 1. The summed E-state index contributed by atoms with van der Waals surface area (Å²) in [5.74, 6) is 0.573. The quantitative estimate of drug-likeness (QED) is 0.0695. The van der Waals surface area contributed by atoms with Crippen LogP contribution in [-0.4, -0.2) is 44.6 Å². The number of aliphatic imine (C=N–C) groups is 1. The summed E-state index contributed by atoms with van der Waals surface area (Å²) < 4.78 is 33.6. The van der Waals surface area contributed by atoms with Gasteiger partial charge >= 0.3 is 0 Å². The van der Waals surface area contributed by atoms with Crippen LogP contribution in [0.1, 0.15) is 32.6 Å². The van der Waals surface area contributed by atoms with Gasteiger partial charge in [-0.25, -0.2) is 13.9 Å². The minimum absolute atomic E-state index is 0.0466. The highest BCUT2D eigenvalue weighted by atomic mass is 32.2. The number of ether oxygens (including phenoxy) is 1. The molecule has 11 nitrogen and oxygen atoms in total. The molecule has 0 fully saturated rings. The molecule has 0 aliphatic heterocycles. The van der Waals surface area contributed by atoms with Crippen LogP contribution in [0.3, 0.4) is 0 Å². The molecule has 2 aromatic rings. The van der Waals surface area contributed by atoms with Gasteiger partial charge in [0.05, 0.1) is 4.90 Å². The number of hydrogen-bond acceptors (Lipinski definition) is 7. The number of hydrogen-bond donors (Lipinski definition) is 5. The first-order valence-electron chi connectivity index (χ1n) is 11.1. The van der Waals surface area contributed by atoms with Gasteiger partial charge < -0.3 is 15.4 Å². The summed E-state index contributed by atoms with van der Waals surface area (Å²) >= 11 is 0. The summed E-state index contributed by atoms with van der Waals surface area (Å²) in [6.07, 6.45) is 3.76. The topological polar surface area (TPSA) is 165 Å². The molecule has 0 spiro atoms. The van der Waals surface area contributed by atoms with Crippen molar-refractivity contribution >= 4 is 21.9 Å². The largest absolute Gasteiger partial charge is 0.457 e. The number of unbranched alkanes of at least 4 members (excludes halogenated alkanes) is 1. The zero-order valence-corrected chi connectivity index (χ0v) is 20.2. The Kier molecular flexibility index (Phi) is 11.5. The van der Waals surface area contributed by atoms with Crippen LogP contribution >= 0.6 is 0 Å². The highest BCUT2D eigenvalue weighted by Gasteiger charge is 2.25. The van der Waals surface area contributed by atoms with E-state index in [1.165, 1.54) is 29.7 Å². The number of benzene rings is 2. The van der Waals surface area contributed by atoms with Gasteiger partial charge in [0.25, 0.3) is 5.91 Å². The molecule has 0 heterocycles. The molecule has 0 unspecified atom stereocenters.